The van der Waals surface area contributed by atoms with Crippen LogP contribution in [-0.2, 0) is 20.0 Å². The standard InChI is InChI=1S/C17H26N4O5S2/c1-27(23,24)19-15-5-4-10-20(13-15)17(22)18-14-6-8-16(9-7-14)28(25,26)21-11-2-3-12-21/h6-9,15,19H,2-5,10-13H2,1H3,(H,18,22)/t15-/m1/s1. The summed E-state index contributed by atoms with van der Waals surface area (Å²) in [5.41, 5.74) is 0.489. The lowest BCUT2D eigenvalue weighted by molar-refractivity contribution is 0.190. The minimum Gasteiger partial charge on any atom is -0.323 e. The zero-order valence-electron chi connectivity index (χ0n) is 15.8. The molecule has 9 nitrogen and oxygen atoms in total. The molecule has 2 amide bonds. The average Bonchev–Trinajstić information content (AvgIpc) is 3.16. The lowest BCUT2D eigenvalue weighted by atomic mass is 10.1. The molecule has 1 atom stereocenters. The summed E-state index contributed by atoms with van der Waals surface area (Å²) in [5.74, 6) is 0. The number of nitrogens with one attached hydrogen (secondary N) is 2. The van der Waals surface area contributed by atoms with Crippen molar-refractivity contribution in [2.45, 2.75) is 36.6 Å². The molecule has 0 saturated carbocycles. The number of carbonyl (C=O) groups excluding carboxylic acids is 1. The van der Waals surface area contributed by atoms with Gasteiger partial charge in [0.2, 0.25) is 20.0 Å². The van der Waals surface area contributed by atoms with Crippen LogP contribution in [-0.4, -0.2) is 70.5 Å². The fourth-order valence-electron chi connectivity index (χ4n) is 3.55. The summed E-state index contributed by atoms with van der Waals surface area (Å²) in [6, 6.07) is 5.48. The van der Waals surface area contributed by atoms with Gasteiger partial charge < -0.3 is 10.2 Å². The first-order chi connectivity index (χ1) is 13.1. The highest BCUT2D eigenvalue weighted by atomic mass is 32.2. The molecule has 2 aliphatic rings. The largest absolute Gasteiger partial charge is 0.323 e. The van der Waals surface area contributed by atoms with Crippen LogP contribution < -0.4 is 10.0 Å². The number of sulfonamides is 2. The highest BCUT2D eigenvalue weighted by Gasteiger charge is 2.28. The summed E-state index contributed by atoms with van der Waals surface area (Å²) >= 11 is 0. The Hall–Kier alpha value is -1.69. The van der Waals surface area contributed by atoms with Crippen LogP contribution in [0, 0.1) is 0 Å². The van der Waals surface area contributed by atoms with E-state index in [9.17, 15) is 21.6 Å². The summed E-state index contributed by atoms with van der Waals surface area (Å²) in [6.45, 7) is 1.91. The minimum atomic E-state index is -3.48. The number of nitrogens with zero attached hydrogens (tertiary/aromatic N) is 2. The lowest BCUT2D eigenvalue weighted by Crippen LogP contribution is -2.50. The van der Waals surface area contributed by atoms with Crippen molar-refractivity contribution in [2.24, 2.45) is 0 Å². The zero-order valence-corrected chi connectivity index (χ0v) is 17.4. The third kappa shape index (κ3) is 5.22. The Labute approximate surface area is 166 Å². The minimum absolute atomic E-state index is 0.211. The van der Waals surface area contributed by atoms with E-state index in [-0.39, 0.29) is 17.0 Å². The van der Waals surface area contributed by atoms with Crippen LogP contribution >= 0.6 is 0 Å². The van der Waals surface area contributed by atoms with E-state index in [1.807, 2.05) is 0 Å². The van der Waals surface area contributed by atoms with E-state index in [0.29, 0.717) is 44.7 Å². The highest BCUT2D eigenvalue weighted by Crippen LogP contribution is 2.22. The van der Waals surface area contributed by atoms with Crippen molar-refractivity contribution in [3.05, 3.63) is 24.3 Å². The van der Waals surface area contributed by atoms with Gasteiger partial charge in [-0.1, -0.05) is 0 Å². The molecule has 0 radical (unpaired) electrons. The second-order valence-corrected chi connectivity index (χ2v) is 11.0. The molecule has 1 aromatic carbocycles. The number of piperidine rings is 1. The summed E-state index contributed by atoms with van der Waals surface area (Å²) in [4.78, 5) is 14.2. The van der Waals surface area contributed by atoms with E-state index < -0.39 is 20.0 Å². The summed E-state index contributed by atoms with van der Waals surface area (Å²) in [7, 11) is -6.81. The second-order valence-electron chi connectivity index (χ2n) is 7.24. The first kappa shape index (κ1) is 21.0. The van der Waals surface area contributed by atoms with E-state index in [1.165, 1.54) is 16.4 Å². The Morgan fingerprint density at radius 1 is 1.00 bits per heavy atom. The molecular weight excluding hydrogens is 404 g/mol. The summed E-state index contributed by atoms with van der Waals surface area (Å²) in [5, 5.41) is 2.74. The number of hydrogen-bond acceptors (Lipinski definition) is 5. The number of rotatable bonds is 5. The molecule has 28 heavy (non-hydrogen) atoms. The molecule has 0 unspecified atom stereocenters. The number of benzene rings is 1. The van der Waals surface area contributed by atoms with Gasteiger partial charge in [0.05, 0.1) is 11.2 Å². The highest BCUT2D eigenvalue weighted by molar-refractivity contribution is 7.89. The molecule has 2 saturated heterocycles. The van der Waals surface area contributed by atoms with Gasteiger partial charge in [0, 0.05) is 37.9 Å². The normalized spacial score (nSPS) is 21.6. The van der Waals surface area contributed by atoms with Crippen LogP contribution in [0.5, 0.6) is 0 Å². The number of hydrogen-bond donors (Lipinski definition) is 2. The summed E-state index contributed by atoms with van der Waals surface area (Å²) in [6.07, 6.45) is 4.23. The van der Waals surface area contributed by atoms with Crippen molar-refractivity contribution in [3.8, 4) is 0 Å². The Morgan fingerprint density at radius 3 is 2.25 bits per heavy atom. The smallest absolute Gasteiger partial charge is 0.321 e. The third-order valence-electron chi connectivity index (χ3n) is 4.90. The SMILES string of the molecule is CS(=O)(=O)N[C@@H]1CCCN(C(=O)Nc2ccc(S(=O)(=O)N3CCCC3)cc2)C1. The predicted octanol–water partition coefficient (Wildman–Crippen LogP) is 1.02. The molecular formula is C17H26N4O5S2. The molecule has 2 fully saturated rings. The molecule has 2 aliphatic heterocycles. The molecule has 0 bridgehead atoms. The van der Waals surface area contributed by atoms with Crippen molar-refractivity contribution in [1.29, 1.82) is 0 Å². The first-order valence-corrected chi connectivity index (χ1v) is 12.6. The molecule has 156 valence electrons. The van der Waals surface area contributed by atoms with Crippen molar-refractivity contribution in [3.63, 3.8) is 0 Å². The van der Waals surface area contributed by atoms with Crippen LogP contribution in [0.15, 0.2) is 29.2 Å². The monoisotopic (exact) mass is 430 g/mol. The van der Waals surface area contributed by atoms with Crippen LogP contribution in [0.2, 0.25) is 0 Å². The average molecular weight is 431 g/mol. The Morgan fingerprint density at radius 2 is 1.64 bits per heavy atom. The lowest BCUT2D eigenvalue weighted by Gasteiger charge is -2.32. The maximum Gasteiger partial charge on any atom is 0.321 e. The number of likely N-dealkylation sites (tertiary alicyclic amines) is 1. The van der Waals surface area contributed by atoms with E-state index in [1.54, 1.807) is 17.0 Å². The molecule has 0 spiro atoms. The van der Waals surface area contributed by atoms with Crippen LogP contribution in [0.1, 0.15) is 25.7 Å². The van der Waals surface area contributed by atoms with Gasteiger partial charge in [-0.3, -0.25) is 0 Å². The van der Waals surface area contributed by atoms with Gasteiger partial charge in [-0.15, -0.1) is 0 Å². The Kier molecular flexibility index (Phi) is 6.28. The molecule has 11 heteroatoms. The number of amides is 2. The predicted molar refractivity (Wildman–Crippen MR) is 106 cm³/mol. The van der Waals surface area contributed by atoms with Crippen LogP contribution in [0.3, 0.4) is 0 Å². The van der Waals surface area contributed by atoms with Crippen molar-refractivity contribution < 1.29 is 21.6 Å². The van der Waals surface area contributed by atoms with Crippen molar-refractivity contribution in [2.75, 3.05) is 37.8 Å². The second kappa shape index (κ2) is 8.36. The molecule has 0 aromatic heterocycles. The van der Waals surface area contributed by atoms with Crippen molar-refractivity contribution in [1.82, 2.24) is 13.9 Å². The molecule has 2 N–H and O–H groups in total. The Bertz CT molecular complexity index is 909. The maximum atomic E-state index is 12.5. The zero-order chi connectivity index (χ0) is 20.4. The van der Waals surface area contributed by atoms with Crippen molar-refractivity contribution >= 4 is 31.8 Å². The van der Waals surface area contributed by atoms with Gasteiger partial charge in [0.1, 0.15) is 0 Å². The topological polar surface area (TPSA) is 116 Å². The van der Waals surface area contributed by atoms with E-state index in [2.05, 4.69) is 10.0 Å². The molecule has 0 aliphatic carbocycles. The third-order valence-corrected chi connectivity index (χ3v) is 7.57. The van der Waals surface area contributed by atoms with Gasteiger partial charge in [-0.2, -0.15) is 4.31 Å². The van der Waals surface area contributed by atoms with Gasteiger partial charge in [0.25, 0.3) is 0 Å². The van der Waals surface area contributed by atoms with E-state index >= 15 is 0 Å². The maximum absolute atomic E-state index is 12.5. The number of anilines is 1. The Balaban J connectivity index is 1.61. The number of urea groups is 1. The van der Waals surface area contributed by atoms with Gasteiger partial charge in [-0.05, 0) is 49.9 Å². The fourth-order valence-corrected chi connectivity index (χ4v) is 5.87. The van der Waals surface area contributed by atoms with E-state index in [0.717, 1.165) is 19.1 Å². The van der Waals surface area contributed by atoms with Gasteiger partial charge in [-0.25, -0.2) is 26.4 Å². The van der Waals surface area contributed by atoms with Gasteiger partial charge >= 0.3 is 6.03 Å². The van der Waals surface area contributed by atoms with Crippen LogP contribution in [0.25, 0.3) is 0 Å². The molecule has 2 heterocycles. The molecule has 1 aromatic rings. The van der Waals surface area contributed by atoms with Gasteiger partial charge in [0.15, 0.2) is 0 Å². The summed E-state index contributed by atoms with van der Waals surface area (Å²) < 4.78 is 51.9. The number of carbonyl (C=O) groups is 1. The van der Waals surface area contributed by atoms with E-state index in [4.69, 9.17) is 0 Å². The fraction of sp³-hybridized carbons (Fsp3) is 0.588. The quantitative estimate of drug-likeness (QED) is 0.723. The molecule has 3 rings (SSSR count). The first-order valence-electron chi connectivity index (χ1n) is 9.28. The van der Waals surface area contributed by atoms with Crippen LogP contribution in [0.4, 0.5) is 10.5 Å².